The second-order valence-electron chi connectivity index (χ2n) is 7.91. The molecule has 1 aliphatic rings. The first-order valence-corrected chi connectivity index (χ1v) is 10.6. The van der Waals surface area contributed by atoms with Crippen LogP contribution in [0.4, 0.5) is 0 Å². The third kappa shape index (κ3) is 3.27. The number of nitrogens with zero attached hydrogens (tertiary/aromatic N) is 4. The minimum absolute atomic E-state index is 0.0706. The van der Waals surface area contributed by atoms with Gasteiger partial charge in [-0.2, -0.15) is 5.10 Å². The van der Waals surface area contributed by atoms with Crippen molar-refractivity contribution in [1.29, 1.82) is 0 Å². The monoisotopic (exact) mass is 398 g/mol. The predicted molar refractivity (Wildman–Crippen MR) is 113 cm³/mol. The average molecular weight is 399 g/mol. The lowest BCUT2D eigenvalue weighted by Gasteiger charge is -2.25. The number of rotatable bonds is 4. The first kappa shape index (κ1) is 19.2. The topological polar surface area (TPSA) is 63.3 Å². The molecule has 0 spiro atoms. The zero-order chi connectivity index (χ0) is 20.1. The number of aryl methyl sites for hydroxylation is 1. The van der Waals surface area contributed by atoms with Gasteiger partial charge < -0.3 is 9.67 Å². The third-order valence-electron chi connectivity index (χ3n) is 5.59. The largest absolute Gasteiger partial charge is 0.386 e. The van der Waals surface area contributed by atoms with E-state index >= 15 is 0 Å². The molecule has 0 fully saturated rings. The normalized spacial score (nSPS) is 15.2. The molecule has 0 atom stereocenters. The summed E-state index contributed by atoms with van der Waals surface area (Å²) >= 11 is 1.74. The molecule has 0 unspecified atom stereocenters. The summed E-state index contributed by atoms with van der Waals surface area (Å²) in [5.74, 6) is 0. The van der Waals surface area contributed by atoms with Crippen LogP contribution in [0.1, 0.15) is 36.2 Å². The van der Waals surface area contributed by atoms with Gasteiger partial charge in [-0.1, -0.05) is 36.2 Å². The summed E-state index contributed by atoms with van der Waals surface area (Å²) in [6, 6.07) is 7.70. The molecular formula is C21H26N4O2S. The van der Waals surface area contributed by atoms with Gasteiger partial charge in [0.2, 0.25) is 0 Å². The lowest BCUT2D eigenvalue weighted by molar-refractivity contribution is 0.0785. The first-order valence-electron chi connectivity index (χ1n) is 9.46. The molecule has 148 valence electrons. The zero-order valence-electron chi connectivity index (χ0n) is 16.8. The minimum atomic E-state index is -0.918. The fourth-order valence-corrected chi connectivity index (χ4v) is 4.50. The van der Waals surface area contributed by atoms with E-state index in [0.29, 0.717) is 6.54 Å². The van der Waals surface area contributed by atoms with Crippen LogP contribution < -0.4 is 5.56 Å². The summed E-state index contributed by atoms with van der Waals surface area (Å²) in [7, 11) is 1.98. The second kappa shape index (κ2) is 7.06. The van der Waals surface area contributed by atoms with Crippen molar-refractivity contribution >= 4 is 22.9 Å². The number of benzene rings is 1. The number of hydrogen-bond donors (Lipinski definition) is 1. The fraction of sp³-hybridized carbons (Fsp3) is 0.429. The van der Waals surface area contributed by atoms with Crippen LogP contribution in [-0.2, 0) is 32.2 Å². The van der Waals surface area contributed by atoms with Crippen molar-refractivity contribution in [2.24, 2.45) is 7.05 Å². The van der Waals surface area contributed by atoms with Crippen molar-refractivity contribution in [3.8, 4) is 0 Å². The standard InChI is InChI=1S/C21H26N4O2S/c1-21(2,27)15-7-5-6-14(10-15)12-25-20(26)19-17(11-22-25)16-8-9-24(28-4)13-18(16)23(19)3/h5-7,10-11,27H,8-9,12-13H2,1-4H3. The Kier molecular flexibility index (Phi) is 4.85. The molecule has 0 bridgehead atoms. The molecule has 4 rings (SSSR count). The Hall–Kier alpha value is -2.09. The Balaban J connectivity index is 1.76. The van der Waals surface area contributed by atoms with Gasteiger partial charge in [0, 0.05) is 31.2 Å². The number of fused-ring (bicyclic) bond motifs is 3. The van der Waals surface area contributed by atoms with Gasteiger partial charge in [0.1, 0.15) is 5.52 Å². The molecule has 28 heavy (non-hydrogen) atoms. The Morgan fingerprint density at radius 1 is 1.32 bits per heavy atom. The predicted octanol–water partition coefficient (Wildman–Crippen LogP) is 2.65. The van der Waals surface area contributed by atoms with E-state index in [-0.39, 0.29) is 5.56 Å². The molecule has 3 aromatic rings. The van der Waals surface area contributed by atoms with Crippen LogP contribution in [0, 0.1) is 0 Å². The van der Waals surface area contributed by atoms with Crippen LogP contribution in [0.5, 0.6) is 0 Å². The van der Waals surface area contributed by atoms with E-state index in [2.05, 4.69) is 15.7 Å². The summed E-state index contributed by atoms with van der Waals surface area (Å²) in [4.78, 5) is 13.2. The number of hydrogen-bond acceptors (Lipinski definition) is 5. The molecule has 6 nitrogen and oxygen atoms in total. The Morgan fingerprint density at radius 2 is 2.11 bits per heavy atom. The van der Waals surface area contributed by atoms with Gasteiger partial charge in [-0.3, -0.25) is 4.79 Å². The van der Waals surface area contributed by atoms with Crippen LogP contribution in [0.3, 0.4) is 0 Å². The maximum atomic E-state index is 13.2. The average Bonchev–Trinajstić information content (AvgIpc) is 2.96. The molecule has 0 radical (unpaired) electrons. The number of aliphatic hydroxyl groups is 1. The molecular weight excluding hydrogens is 372 g/mol. The van der Waals surface area contributed by atoms with Crippen LogP contribution in [0.15, 0.2) is 35.3 Å². The number of aromatic nitrogens is 3. The smallest absolute Gasteiger partial charge is 0.291 e. The van der Waals surface area contributed by atoms with Crippen molar-refractivity contribution < 1.29 is 5.11 Å². The molecule has 2 aromatic heterocycles. The Labute approximate surface area is 168 Å². The fourth-order valence-electron chi connectivity index (χ4n) is 3.97. The molecule has 1 aromatic carbocycles. The van der Waals surface area contributed by atoms with E-state index in [1.165, 1.54) is 15.9 Å². The second-order valence-corrected chi connectivity index (χ2v) is 8.79. The summed E-state index contributed by atoms with van der Waals surface area (Å²) in [5.41, 5.74) is 3.96. The van der Waals surface area contributed by atoms with E-state index in [9.17, 15) is 9.90 Å². The van der Waals surface area contributed by atoms with Gasteiger partial charge in [-0.25, -0.2) is 8.99 Å². The maximum Gasteiger partial charge on any atom is 0.291 e. The molecule has 0 aliphatic carbocycles. The van der Waals surface area contributed by atoms with Gasteiger partial charge in [-0.05, 0) is 43.2 Å². The summed E-state index contributed by atoms with van der Waals surface area (Å²) in [5, 5.41) is 15.7. The van der Waals surface area contributed by atoms with Crippen LogP contribution in [-0.4, -0.2) is 36.6 Å². The van der Waals surface area contributed by atoms with E-state index in [1.54, 1.807) is 25.8 Å². The van der Waals surface area contributed by atoms with Gasteiger partial charge in [0.25, 0.3) is 5.56 Å². The van der Waals surface area contributed by atoms with E-state index in [0.717, 1.165) is 41.5 Å². The zero-order valence-corrected chi connectivity index (χ0v) is 17.6. The van der Waals surface area contributed by atoms with Crippen molar-refractivity contribution in [1.82, 2.24) is 18.7 Å². The van der Waals surface area contributed by atoms with E-state index < -0.39 is 5.60 Å². The first-order chi connectivity index (χ1) is 13.3. The lowest BCUT2D eigenvalue weighted by Crippen LogP contribution is -2.26. The van der Waals surface area contributed by atoms with Crippen LogP contribution >= 0.6 is 11.9 Å². The van der Waals surface area contributed by atoms with Gasteiger partial charge in [0.05, 0.1) is 18.3 Å². The van der Waals surface area contributed by atoms with E-state index in [1.807, 2.05) is 42.1 Å². The van der Waals surface area contributed by atoms with Gasteiger partial charge >= 0.3 is 0 Å². The van der Waals surface area contributed by atoms with Gasteiger partial charge in [-0.15, -0.1) is 0 Å². The van der Waals surface area contributed by atoms with Crippen molar-refractivity contribution in [2.75, 3.05) is 12.8 Å². The highest BCUT2D eigenvalue weighted by atomic mass is 32.2. The quantitative estimate of drug-likeness (QED) is 0.685. The maximum absolute atomic E-state index is 13.2. The van der Waals surface area contributed by atoms with Crippen molar-refractivity contribution in [3.05, 3.63) is 63.2 Å². The summed E-state index contributed by atoms with van der Waals surface area (Å²) < 4.78 is 5.87. The highest BCUT2D eigenvalue weighted by Gasteiger charge is 2.25. The molecule has 0 saturated heterocycles. The van der Waals surface area contributed by atoms with Crippen LogP contribution in [0.25, 0.3) is 10.9 Å². The summed E-state index contributed by atoms with van der Waals surface area (Å²) in [6.07, 6.45) is 4.86. The lowest BCUT2D eigenvalue weighted by atomic mass is 9.96. The molecule has 0 amide bonds. The summed E-state index contributed by atoms with van der Waals surface area (Å²) in [6.45, 7) is 5.73. The molecule has 3 heterocycles. The molecule has 1 aliphatic heterocycles. The highest BCUT2D eigenvalue weighted by molar-refractivity contribution is 7.96. The molecule has 1 N–H and O–H groups in total. The molecule has 0 saturated carbocycles. The van der Waals surface area contributed by atoms with Crippen molar-refractivity contribution in [2.45, 2.75) is 39.0 Å². The van der Waals surface area contributed by atoms with E-state index in [4.69, 9.17) is 0 Å². The SMILES string of the molecule is CSN1CCc2c(n(C)c3c(=O)n(Cc4cccc(C(C)(C)O)c4)ncc23)C1. The molecule has 7 heteroatoms. The highest BCUT2D eigenvalue weighted by Crippen LogP contribution is 2.30. The Morgan fingerprint density at radius 3 is 2.82 bits per heavy atom. The van der Waals surface area contributed by atoms with Crippen molar-refractivity contribution in [3.63, 3.8) is 0 Å². The van der Waals surface area contributed by atoms with Gasteiger partial charge in [0.15, 0.2) is 0 Å². The minimum Gasteiger partial charge on any atom is -0.386 e. The Bertz CT molecular complexity index is 1090. The third-order valence-corrected chi connectivity index (χ3v) is 6.42. The van der Waals surface area contributed by atoms with Crippen LogP contribution in [0.2, 0.25) is 0 Å².